The van der Waals surface area contributed by atoms with Gasteiger partial charge in [0.25, 0.3) is 0 Å². The van der Waals surface area contributed by atoms with E-state index in [-0.39, 0.29) is 0 Å². The number of hydrogen-bond donors (Lipinski definition) is 1. The first kappa shape index (κ1) is 13.2. The summed E-state index contributed by atoms with van der Waals surface area (Å²) >= 11 is 12.0. The molecule has 2 aromatic rings. The van der Waals surface area contributed by atoms with Gasteiger partial charge in [-0.05, 0) is 18.2 Å². The van der Waals surface area contributed by atoms with E-state index in [1.807, 2.05) is 22.9 Å². The summed E-state index contributed by atoms with van der Waals surface area (Å²) in [5.74, 6) is 0.727. The zero-order chi connectivity index (χ0) is 13.0. The fourth-order valence-corrected chi connectivity index (χ4v) is 2.10. The van der Waals surface area contributed by atoms with Crippen LogP contribution >= 0.6 is 23.2 Å². The number of aromatic nitrogens is 2. The molecule has 0 unspecified atom stereocenters. The van der Waals surface area contributed by atoms with Crippen molar-refractivity contribution in [1.82, 2.24) is 9.55 Å². The molecule has 0 aliphatic heterocycles. The highest BCUT2D eigenvalue weighted by Gasteiger charge is 2.06. The van der Waals surface area contributed by atoms with Crippen molar-refractivity contribution in [3.8, 4) is 5.69 Å². The Hall–Kier alpha value is -1.23. The molecule has 1 aromatic carbocycles. The molecule has 0 bridgehead atoms. The van der Waals surface area contributed by atoms with E-state index < -0.39 is 0 Å². The van der Waals surface area contributed by atoms with Gasteiger partial charge >= 0.3 is 0 Å². The second kappa shape index (κ2) is 6.09. The number of anilines is 1. The predicted octanol–water partition coefficient (Wildman–Crippen LogP) is 3.24. The first-order valence-corrected chi connectivity index (χ1v) is 6.19. The summed E-state index contributed by atoms with van der Waals surface area (Å²) in [6, 6.07) is 5.36. The highest BCUT2D eigenvalue weighted by molar-refractivity contribution is 6.34. The van der Waals surface area contributed by atoms with Gasteiger partial charge in [0, 0.05) is 36.1 Å². The van der Waals surface area contributed by atoms with E-state index in [4.69, 9.17) is 27.9 Å². The lowest BCUT2D eigenvalue weighted by Gasteiger charge is -2.10. The number of ether oxygens (including phenoxy) is 1. The Kier molecular flexibility index (Phi) is 4.47. The fourth-order valence-electron chi connectivity index (χ4n) is 1.59. The minimum Gasteiger partial charge on any atom is -0.383 e. The zero-order valence-electron chi connectivity index (χ0n) is 9.86. The van der Waals surface area contributed by atoms with Crippen molar-refractivity contribution >= 4 is 29.2 Å². The van der Waals surface area contributed by atoms with Crippen LogP contribution in [0.25, 0.3) is 5.69 Å². The second-order valence-electron chi connectivity index (χ2n) is 3.67. The summed E-state index contributed by atoms with van der Waals surface area (Å²) < 4.78 is 6.86. The van der Waals surface area contributed by atoms with Gasteiger partial charge in [-0.25, -0.2) is 4.98 Å². The summed E-state index contributed by atoms with van der Waals surface area (Å²) in [5.41, 5.74) is 0.866. The number of imidazole rings is 1. The van der Waals surface area contributed by atoms with E-state index >= 15 is 0 Å². The Morgan fingerprint density at radius 3 is 2.67 bits per heavy atom. The molecule has 96 valence electrons. The van der Waals surface area contributed by atoms with Gasteiger partial charge in [-0.2, -0.15) is 0 Å². The minimum atomic E-state index is 0.592. The highest BCUT2D eigenvalue weighted by Crippen LogP contribution is 2.23. The minimum absolute atomic E-state index is 0.592. The molecule has 6 heteroatoms. The van der Waals surface area contributed by atoms with E-state index in [2.05, 4.69) is 10.3 Å². The summed E-state index contributed by atoms with van der Waals surface area (Å²) in [6.45, 7) is 1.30. The van der Waals surface area contributed by atoms with Crippen molar-refractivity contribution in [3.63, 3.8) is 0 Å². The summed E-state index contributed by atoms with van der Waals surface area (Å²) in [6.07, 6.45) is 3.56. The molecule has 1 heterocycles. The van der Waals surface area contributed by atoms with Gasteiger partial charge in [0.2, 0.25) is 5.95 Å². The molecule has 0 amide bonds. The van der Waals surface area contributed by atoms with Crippen LogP contribution in [-0.2, 0) is 4.74 Å². The molecular formula is C12H13Cl2N3O. The number of hydrogen-bond acceptors (Lipinski definition) is 3. The third kappa shape index (κ3) is 3.16. The molecule has 0 saturated carbocycles. The maximum absolute atomic E-state index is 5.99. The van der Waals surface area contributed by atoms with Crippen molar-refractivity contribution < 1.29 is 4.74 Å². The topological polar surface area (TPSA) is 39.1 Å². The van der Waals surface area contributed by atoms with Gasteiger partial charge in [0.1, 0.15) is 0 Å². The summed E-state index contributed by atoms with van der Waals surface area (Å²) in [7, 11) is 1.66. The second-order valence-corrected chi connectivity index (χ2v) is 4.54. The van der Waals surface area contributed by atoms with E-state index in [1.54, 1.807) is 19.4 Å². The van der Waals surface area contributed by atoms with Crippen molar-refractivity contribution in [2.24, 2.45) is 0 Å². The van der Waals surface area contributed by atoms with Crippen molar-refractivity contribution in [1.29, 1.82) is 0 Å². The number of rotatable bonds is 5. The third-order valence-corrected chi connectivity index (χ3v) is 2.79. The Bertz CT molecular complexity index is 508. The van der Waals surface area contributed by atoms with Crippen LogP contribution in [-0.4, -0.2) is 29.8 Å². The summed E-state index contributed by atoms with van der Waals surface area (Å²) in [5, 5.41) is 4.36. The average molecular weight is 286 g/mol. The van der Waals surface area contributed by atoms with Crippen molar-refractivity contribution in [3.05, 3.63) is 40.6 Å². The van der Waals surface area contributed by atoms with Crippen LogP contribution in [0.1, 0.15) is 0 Å². The number of benzene rings is 1. The van der Waals surface area contributed by atoms with Gasteiger partial charge in [-0.15, -0.1) is 0 Å². The van der Waals surface area contributed by atoms with Gasteiger partial charge in [-0.1, -0.05) is 23.2 Å². The lowest BCUT2D eigenvalue weighted by atomic mass is 10.3. The molecule has 2 rings (SSSR count). The molecule has 0 fully saturated rings. The maximum Gasteiger partial charge on any atom is 0.207 e. The van der Waals surface area contributed by atoms with Gasteiger partial charge in [0.05, 0.1) is 12.3 Å². The Morgan fingerprint density at radius 2 is 2.00 bits per heavy atom. The average Bonchev–Trinajstić information content (AvgIpc) is 2.76. The van der Waals surface area contributed by atoms with Crippen LogP contribution in [0, 0.1) is 0 Å². The van der Waals surface area contributed by atoms with Gasteiger partial charge in [-0.3, -0.25) is 4.57 Å². The maximum atomic E-state index is 5.99. The van der Waals surface area contributed by atoms with E-state index in [9.17, 15) is 0 Å². The van der Waals surface area contributed by atoms with Crippen LogP contribution in [0.15, 0.2) is 30.6 Å². The standard InChI is InChI=1S/C12H13Cl2N3O/c1-18-5-3-16-12-15-2-4-17(12)11-7-9(13)6-10(14)8-11/h2,4,6-8H,3,5H2,1H3,(H,15,16). The Morgan fingerprint density at radius 1 is 1.28 bits per heavy atom. The number of halogens is 2. The molecule has 0 spiro atoms. The highest BCUT2D eigenvalue weighted by atomic mass is 35.5. The number of nitrogens with one attached hydrogen (secondary N) is 1. The number of nitrogens with zero attached hydrogens (tertiary/aromatic N) is 2. The Labute approximate surface area is 115 Å². The Balaban J connectivity index is 2.24. The predicted molar refractivity (Wildman–Crippen MR) is 73.9 cm³/mol. The first-order chi connectivity index (χ1) is 8.70. The first-order valence-electron chi connectivity index (χ1n) is 5.43. The smallest absolute Gasteiger partial charge is 0.207 e. The molecular weight excluding hydrogens is 273 g/mol. The lowest BCUT2D eigenvalue weighted by molar-refractivity contribution is 0.210. The molecule has 0 radical (unpaired) electrons. The van der Waals surface area contributed by atoms with Crippen LogP contribution < -0.4 is 5.32 Å². The van der Waals surface area contributed by atoms with Crippen LogP contribution in [0.5, 0.6) is 0 Å². The summed E-state index contributed by atoms with van der Waals surface area (Å²) in [4.78, 5) is 4.23. The zero-order valence-corrected chi connectivity index (χ0v) is 11.4. The molecule has 1 aromatic heterocycles. The molecule has 1 N–H and O–H groups in total. The number of methoxy groups -OCH3 is 1. The van der Waals surface area contributed by atoms with Crippen LogP contribution in [0.4, 0.5) is 5.95 Å². The van der Waals surface area contributed by atoms with Crippen LogP contribution in [0.2, 0.25) is 10.0 Å². The SMILES string of the molecule is COCCNc1nccn1-c1cc(Cl)cc(Cl)c1. The largest absolute Gasteiger partial charge is 0.383 e. The molecule has 0 saturated heterocycles. The van der Waals surface area contributed by atoms with Crippen molar-refractivity contribution in [2.45, 2.75) is 0 Å². The normalized spacial score (nSPS) is 10.6. The lowest BCUT2D eigenvalue weighted by Crippen LogP contribution is -2.11. The third-order valence-electron chi connectivity index (χ3n) is 2.36. The molecule has 0 atom stereocenters. The fraction of sp³-hybridized carbons (Fsp3) is 0.250. The molecule has 0 aliphatic carbocycles. The van der Waals surface area contributed by atoms with E-state index in [0.717, 1.165) is 11.6 Å². The molecule has 0 aliphatic rings. The van der Waals surface area contributed by atoms with E-state index in [0.29, 0.717) is 23.2 Å². The van der Waals surface area contributed by atoms with E-state index in [1.165, 1.54) is 0 Å². The van der Waals surface area contributed by atoms with Crippen molar-refractivity contribution in [2.75, 3.05) is 25.6 Å². The molecule has 18 heavy (non-hydrogen) atoms. The molecule has 4 nitrogen and oxygen atoms in total. The van der Waals surface area contributed by atoms with Gasteiger partial charge < -0.3 is 10.1 Å². The monoisotopic (exact) mass is 285 g/mol. The quantitative estimate of drug-likeness (QED) is 0.858. The van der Waals surface area contributed by atoms with Crippen LogP contribution in [0.3, 0.4) is 0 Å². The van der Waals surface area contributed by atoms with Gasteiger partial charge in [0.15, 0.2) is 0 Å².